The van der Waals surface area contributed by atoms with E-state index in [1.165, 1.54) is 0 Å². The number of hydrogen-bond donors (Lipinski definition) is 2. The molecule has 3 N–H and O–H groups in total. The van der Waals surface area contributed by atoms with Crippen LogP contribution in [0.5, 0.6) is 0 Å². The summed E-state index contributed by atoms with van der Waals surface area (Å²) < 4.78 is 0. The van der Waals surface area contributed by atoms with Crippen molar-refractivity contribution in [2.45, 2.75) is 38.0 Å². The summed E-state index contributed by atoms with van der Waals surface area (Å²) >= 11 is 1.61. The van der Waals surface area contributed by atoms with Crippen molar-refractivity contribution in [3.63, 3.8) is 0 Å². The Morgan fingerprint density at radius 2 is 2.17 bits per heavy atom. The molecule has 0 aromatic rings. The largest absolute Gasteiger partial charge is 0.481 e. The van der Waals surface area contributed by atoms with E-state index in [-0.39, 0.29) is 17.2 Å². The van der Waals surface area contributed by atoms with Crippen molar-refractivity contribution < 1.29 is 9.90 Å². The van der Waals surface area contributed by atoms with Crippen LogP contribution in [-0.4, -0.2) is 27.6 Å². The second-order valence-electron chi connectivity index (χ2n) is 3.71. The van der Waals surface area contributed by atoms with Gasteiger partial charge in [0.15, 0.2) is 0 Å². The first-order chi connectivity index (χ1) is 5.31. The number of carboxylic acids is 1. The summed E-state index contributed by atoms with van der Waals surface area (Å²) in [5, 5.41) is 8.61. The number of rotatable bonds is 5. The van der Waals surface area contributed by atoms with Gasteiger partial charge in [0.2, 0.25) is 0 Å². The third-order valence-corrected chi connectivity index (χ3v) is 2.85. The van der Waals surface area contributed by atoms with Gasteiger partial charge in [0.1, 0.15) is 0 Å². The third-order valence-electron chi connectivity index (χ3n) is 1.20. The molecule has 0 bridgehead atoms. The molecule has 0 fully saturated rings. The van der Waals surface area contributed by atoms with E-state index in [0.29, 0.717) is 0 Å². The second kappa shape index (κ2) is 4.72. The standard InChI is InChI=1S/C8H17NO2S/c1-6(4-7(10)11)12-5-8(2,3)9/h6H,4-5,9H2,1-3H3,(H,10,11). The Hall–Kier alpha value is -0.220. The van der Waals surface area contributed by atoms with Gasteiger partial charge in [-0.2, -0.15) is 11.8 Å². The zero-order valence-electron chi connectivity index (χ0n) is 7.83. The number of nitrogens with two attached hydrogens (primary N) is 1. The van der Waals surface area contributed by atoms with Gasteiger partial charge in [-0.05, 0) is 13.8 Å². The molecule has 0 aliphatic heterocycles. The molecule has 1 unspecified atom stereocenters. The first-order valence-corrected chi connectivity index (χ1v) is 4.98. The molecule has 4 heteroatoms. The summed E-state index contributed by atoms with van der Waals surface area (Å²) in [7, 11) is 0. The average molecular weight is 191 g/mol. The molecule has 0 radical (unpaired) electrons. The van der Waals surface area contributed by atoms with Crippen molar-refractivity contribution in [2.24, 2.45) is 5.73 Å². The fourth-order valence-corrected chi connectivity index (χ4v) is 1.64. The van der Waals surface area contributed by atoms with Gasteiger partial charge in [-0.25, -0.2) is 0 Å². The predicted molar refractivity (Wildman–Crippen MR) is 52.4 cm³/mol. The summed E-state index contributed by atoms with van der Waals surface area (Å²) in [5.74, 6) is 0.0476. The molecule has 3 nitrogen and oxygen atoms in total. The molecule has 0 aliphatic carbocycles. The van der Waals surface area contributed by atoms with Crippen LogP contribution in [0.4, 0.5) is 0 Å². The Morgan fingerprint density at radius 1 is 1.67 bits per heavy atom. The highest BCUT2D eigenvalue weighted by Crippen LogP contribution is 2.18. The summed E-state index contributed by atoms with van der Waals surface area (Å²) in [6, 6.07) is 0. The Labute approximate surface area is 77.7 Å². The molecule has 0 amide bonds. The summed E-state index contributed by atoms with van der Waals surface area (Å²) in [6.45, 7) is 5.78. The van der Waals surface area contributed by atoms with Crippen molar-refractivity contribution in [3.8, 4) is 0 Å². The lowest BCUT2D eigenvalue weighted by Gasteiger charge is -2.19. The minimum absolute atomic E-state index is 0.144. The van der Waals surface area contributed by atoms with E-state index in [1.54, 1.807) is 11.8 Å². The van der Waals surface area contributed by atoms with Crippen molar-refractivity contribution >= 4 is 17.7 Å². The van der Waals surface area contributed by atoms with Crippen LogP contribution in [0, 0.1) is 0 Å². The molecular weight excluding hydrogens is 174 g/mol. The fraction of sp³-hybridized carbons (Fsp3) is 0.875. The Morgan fingerprint density at radius 3 is 2.50 bits per heavy atom. The zero-order chi connectivity index (χ0) is 9.78. The van der Waals surface area contributed by atoms with E-state index in [9.17, 15) is 4.79 Å². The second-order valence-corrected chi connectivity index (χ2v) is 5.13. The van der Waals surface area contributed by atoms with Gasteiger partial charge < -0.3 is 10.8 Å². The van der Waals surface area contributed by atoms with Crippen LogP contribution in [-0.2, 0) is 4.79 Å². The van der Waals surface area contributed by atoms with Crippen LogP contribution in [0.15, 0.2) is 0 Å². The van der Waals surface area contributed by atoms with Gasteiger partial charge in [0.25, 0.3) is 0 Å². The molecular formula is C8H17NO2S. The molecule has 0 aromatic heterocycles. The van der Waals surface area contributed by atoms with E-state index in [0.717, 1.165) is 5.75 Å². The fourth-order valence-electron chi connectivity index (χ4n) is 0.662. The van der Waals surface area contributed by atoms with Gasteiger partial charge in [0.05, 0.1) is 6.42 Å². The van der Waals surface area contributed by atoms with Crippen LogP contribution in [0.3, 0.4) is 0 Å². The highest BCUT2D eigenvalue weighted by molar-refractivity contribution is 7.99. The maximum Gasteiger partial charge on any atom is 0.304 e. The smallest absolute Gasteiger partial charge is 0.304 e. The van der Waals surface area contributed by atoms with Gasteiger partial charge in [-0.15, -0.1) is 0 Å². The Kier molecular flexibility index (Phi) is 4.63. The van der Waals surface area contributed by atoms with E-state index < -0.39 is 5.97 Å². The van der Waals surface area contributed by atoms with Crippen molar-refractivity contribution in [2.75, 3.05) is 5.75 Å². The molecule has 72 valence electrons. The van der Waals surface area contributed by atoms with E-state index >= 15 is 0 Å². The van der Waals surface area contributed by atoms with Crippen LogP contribution in [0.2, 0.25) is 0 Å². The number of carbonyl (C=O) groups is 1. The topological polar surface area (TPSA) is 63.3 Å². The van der Waals surface area contributed by atoms with E-state index in [2.05, 4.69) is 0 Å². The lowest BCUT2D eigenvalue weighted by Crippen LogP contribution is -2.35. The zero-order valence-corrected chi connectivity index (χ0v) is 8.65. The van der Waals surface area contributed by atoms with E-state index in [1.807, 2.05) is 20.8 Å². The van der Waals surface area contributed by atoms with Crippen molar-refractivity contribution in [3.05, 3.63) is 0 Å². The van der Waals surface area contributed by atoms with Crippen LogP contribution in [0.25, 0.3) is 0 Å². The van der Waals surface area contributed by atoms with Gasteiger partial charge in [0, 0.05) is 16.5 Å². The first kappa shape index (κ1) is 11.8. The highest BCUT2D eigenvalue weighted by atomic mass is 32.2. The van der Waals surface area contributed by atoms with Crippen LogP contribution < -0.4 is 5.73 Å². The molecule has 0 spiro atoms. The lowest BCUT2D eigenvalue weighted by atomic mass is 10.1. The molecule has 0 saturated carbocycles. The van der Waals surface area contributed by atoms with Crippen molar-refractivity contribution in [1.82, 2.24) is 0 Å². The molecule has 0 heterocycles. The maximum absolute atomic E-state index is 10.3. The number of thioether (sulfide) groups is 1. The van der Waals surface area contributed by atoms with Gasteiger partial charge in [-0.1, -0.05) is 6.92 Å². The third kappa shape index (κ3) is 7.88. The van der Waals surface area contributed by atoms with E-state index in [4.69, 9.17) is 10.8 Å². The average Bonchev–Trinajstić information content (AvgIpc) is 1.80. The number of hydrogen-bond acceptors (Lipinski definition) is 3. The van der Waals surface area contributed by atoms with Crippen LogP contribution >= 0.6 is 11.8 Å². The Balaban J connectivity index is 3.57. The molecule has 0 aliphatic rings. The van der Waals surface area contributed by atoms with Gasteiger partial charge >= 0.3 is 5.97 Å². The van der Waals surface area contributed by atoms with Gasteiger partial charge in [-0.3, -0.25) is 4.79 Å². The highest BCUT2D eigenvalue weighted by Gasteiger charge is 2.14. The molecule has 0 aromatic carbocycles. The SMILES string of the molecule is CC(CC(=O)O)SCC(C)(C)N. The molecule has 0 rings (SSSR count). The summed E-state index contributed by atoms with van der Waals surface area (Å²) in [5.41, 5.74) is 5.54. The Bertz CT molecular complexity index is 154. The monoisotopic (exact) mass is 191 g/mol. The van der Waals surface area contributed by atoms with Crippen molar-refractivity contribution in [1.29, 1.82) is 0 Å². The minimum atomic E-state index is -0.746. The first-order valence-electron chi connectivity index (χ1n) is 3.93. The lowest BCUT2D eigenvalue weighted by molar-refractivity contribution is -0.136. The molecule has 12 heavy (non-hydrogen) atoms. The normalized spacial score (nSPS) is 14.3. The summed E-state index contributed by atoms with van der Waals surface area (Å²) in [4.78, 5) is 10.3. The predicted octanol–water partition coefficient (Wildman–Crippen LogP) is 1.32. The number of aliphatic carboxylic acids is 1. The quantitative estimate of drug-likeness (QED) is 0.688. The number of carboxylic acid groups (broad SMARTS) is 1. The van der Waals surface area contributed by atoms with Crippen LogP contribution in [0.1, 0.15) is 27.2 Å². The maximum atomic E-state index is 10.3. The minimum Gasteiger partial charge on any atom is -0.481 e. The molecule has 1 atom stereocenters. The summed E-state index contributed by atoms with van der Waals surface area (Å²) in [6.07, 6.45) is 0.209. The molecule has 0 saturated heterocycles.